The lowest BCUT2D eigenvalue weighted by Crippen LogP contribution is -2.05. The number of rotatable bonds is 6. The highest BCUT2D eigenvalue weighted by atomic mass is 79.9. The molecule has 0 aliphatic heterocycles. The van der Waals surface area contributed by atoms with E-state index in [1.807, 2.05) is 31.2 Å². The topological polar surface area (TPSA) is 31.6 Å². The molecule has 1 atom stereocenters. The molecule has 20 heavy (non-hydrogen) atoms. The van der Waals surface area contributed by atoms with E-state index in [9.17, 15) is 0 Å². The Morgan fingerprint density at radius 2 is 2.10 bits per heavy atom. The SMILES string of the molecule is COCCOc1ccc(C(Cl)c2occc2C)cc1Br. The highest BCUT2D eigenvalue weighted by molar-refractivity contribution is 9.10. The number of alkyl halides is 1. The van der Waals surface area contributed by atoms with Gasteiger partial charge in [-0.1, -0.05) is 6.07 Å². The highest BCUT2D eigenvalue weighted by Crippen LogP contribution is 2.35. The Morgan fingerprint density at radius 3 is 2.70 bits per heavy atom. The van der Waals surface area contributed by atoms with Crippen molar-refractivity contribution in [2.75, 3.05) is 20.3 Å². The van der Waals surface area contributed by atoms with Crippen LogP contribution in [-0.4, -0.2) is 20.3 Å². The first-order chi connectivity index (χ1) is 9.63. The van der Waals surface area contributed by atoms with Gasteiger partial charge in [-0.05, 0) is 52.2 Å². The van der Waals surface area contributed by atoms with Crippen molar-refractivity contribution in [3.63, 3.8) is 0 Å². The van der Waals surface area contributed by atoms with E-state index in [0.29, 0.717) is 13.2 Å². The molecule has 108 valence electrons. The average Bonchev–Trinajstić information content (AvgIpc) is 2.86. The molecule has 0 saturated carbocycles. The molecule has 0 N–H and O–H groups in total. The molecule has 0 aliphatic rings. The third-order valence-electron chi connectivity index (χ3n) is 2.93. The normalized spacial score (nSPS) is 12.4. The predicted molar refractivity (Wildman–Crippen MR) is 82.7 cm³/mol. The first-order valence-corrected chi connectivity index (χ1v) is 7.45. The molecule has 1 heterocycles. The fourth-order valence-corrected chi connectivity index (χ4v) is 2.69. The zero-order valence-electron chi connectivity index (χ0n) is 11.4. The highest BCUT2D eigenvalue weighted by Gasteiger charge is 2.17. The second kappa shape index (κ2) is 7.16. The smallest absolute Gasteiger partial charge is 0.133 e. The minimum absolute atomic E-state index is 0.311. The van der Waals surface area contributed by atoms with Crippen LogP contribution >= 0.6 is 27.5 Å². The molecule has 0 saturated heterocycles. The van der Waals surface area contributed by atoms with Crippen LogP contribution < -0.4 is 4.74 Å². The molecule has 0 fully saturated rings. The number of benzene rings is 1. The predicted octanol–water partition coefficient (Wildman–Crippen LogP) is 4.70. The zero-order chi connectivity index (χ0) is 14.5. The first-order valence-electron chi connectivity index (χ1n) is 6.22. The van der Waals surface area contributed by atoms with E-state index in [4.69, 9.17) is 25.5 Å². The summed E-state index contributed by atoms with van der Waals surface area (Å²) in [6.45, 7) is 3.04. The summed E-state index contributed by atoms with van der Waals surface area (Å²) < 4.78 is 16.8. The molecule has 0 spiro atoms. The molecule has 2 aromatic rings. The largest absolute Gasteiger partial charge is 0.490 e. The Bertz CT molecular complexity index is 568. The van der Waals surface area contributed by atoms with Crippen LogP contribution in [0.2, 0.25) is 0 Å². The standard InChI is InChI=1S/C15H16BrClO3/c1-10-5-6-20-15(10)14(17)11-3-4-13(12(16)9-11)19-8-7-18-2/h3-6,9,14H,7-8H2,1-2H3. The molecule has 5 heteroatoms. The molecule has 0 bridgehead atoms. The maximum atomic E-state index is 6.45. The molecule has 1 aromatic heterocycles. The molecule has 3 nitrogen and oxygen atoms in total. The summed E-state index contributed by atoms with van der Waals surface area (Å²) in [5.74, 6) is 1.54. The fourth-order valence-electron chi connectivity index (χ4n) is 1.82. The Kier molecular flexibility index (Phi) is 5.52. The van der Waals surface area contributed by atoms with Gasteiger partial charge >= 0.3 is 0 Å². The summed E-state index contributed by atoms with van der Waals surface area (Å²) in [6, 6.07) is 7.68. The number of hydrogen-bond acceptors (Lipinski definition) is 3. The van der Waals surface area contributed by atoms with E-state index in [2.05, 4.69) is 15.9 Å². The van der Waals surface area contributed by atoms with Crippen LogP contribution in [0.5, 0.6) is 5.75 Å². The van der Waals surface area contributed by atoms with E-state index in [1.165, 1.54) is 0 Å². The van der Waals surface area contributed by atoms with Gasteiger partial charge in [-0.25, -0.2) is 0 Å². The number of methoxy groups -OCH3 is 1. The van der Waals surface area contributed by atoms with E-state index < -0.39 is 0 Å². The van der Waals surface area contributed by atoms with Crippen molar-refractivity contribution in [3.8, 4) is 5.75 Å². The van der Waals surface area contributed by atoms with Gasteiger partial charge < -0.3 is 13.9 Å². The Hall–Kier alpha value is -0.970. The quantitative estimate of drug-likeness (QED) is 0.553. The van der Waals surface area contributed by atoms with Crippen molar-refractivity contribution in [1.29, 1.82) is 0 Å². The van der Waals surface area contributed by atoms with Gasteiger partial charge in [0.15, 0.2) is 0 Å². The van der Waals surface area contributed by atoms with Gasteiger partial charge in [0.1, 0.15) is 23.5 Å². The summed E-state index contributed by atoms with van der Waals surface area (Å²) in [4.78, 5) is 0. The van der Waals surface area contributed by atoms with Crippen molar-refractivity contribution in [2.24, 2.45) is 0 Å². The minimum Gasteiger partial charge on any atom is -0.490 e. The second-order valence-electron chi connectivity index (χ2n) is 4.36. The number of furan rings is 1. The summed E-state index contributed by atoms with van der Waals surface area (Å²) in [5, 5.41) is -0.311. The Balaban J connectivity index is 2.14. The molecular weight excluding hydrogens is 344 g/mol. The van der Waals surface area contributed by atoms with Gasteiger partial charge in [-0.2, -0.15) is 0 Å². The summed E-state index contributed by atoms with van der Waals surface area (Å²) in [6.07, 6.45) is 1.65. The van der Waals surface area contributed by atoms with Crippen molar-refractivity contribution < 1.29 is 13.9 Å². The monoisotopic (exact) mass is 358 g/mol. The van der Waals surface area contributed by atoms with Crippen LogP contribution in [0.15, 0.2) is 39.4 Å². The van der Waals surface area contributed by atoms with Crippen molar-refractivity contribution in [1.82, 2.24) is 0 Å². The first kappa shape index (κ1) is 15.4. The second-order valence-corrected chi connectivity index (χ2v) is 5.65. The van der Waals surface area contributed by atoms with E-state index >= 15 is 0 Å². The maximum absolute atomic E-state index is 6.45. The third-order valence-corrected chi connectivity index (χ3v) is 4.00. The number of halogens is 2. The summed E-state index contributed by atoms with van der Waals surface area (Å²) in [7, 11) is 1.64. The van der Waals surface area contributed by atoms with Crippen molar-refractivity contribution >= 4 is 27.5 Å². The molecule has 0 aliphatic carbocycles. The van der Waals surface area contributed by atoms with Crippen molar-refractivity contribution in [2.45, 2.75) is 12.3 Å². The van der Waals surface area contributed by atoms with Gasteiger partial charge in [-0.3, -0.25) is 0 Å². The number of hydrogen-bond donors (Lipinski definition) is 0. The summed E-state index contributed by atoms with van der Waals surface area (Å²) in [5.41, 5.74) is 2.00. The van der Waals surface area contributed by atoms with Crippen molar-refractivity contribution in [3.05, 3.63) is 51.9 Å². The van der Waals surface area contributed by atoms with Gasteiger partial charge in [0.25, 0.3) is 0 Å². The van der Waals surface area contributed by atoms with Gasteiger partial charge in [0.2, 0.25) is 0 Å². The molecular formula is C15H16BrClO3. The van der Waals surface area contributed by atoms with Gasteiger partial charge in [0.05, 0.1) is 17.3 Å². The number of aryl methyl sites for hydroxylation is 1. The van der Waals surface area contributed by atoms with Crippen LogP contribution in [0, 0.1) is 6.92 Å². The zero-order valence-corrected chi connectivity index (χ0v) is 13.7. The third kappa shape index (κ3) is 3.57. The van der Waals surface area contributed by atoms with Gasteiger partial charge in [-0.15, -0.1) is 11.6 Å². The lowest BCUT2D eigenvalue weighted by molar-refractivity contribution is 0.146. The van der Waals surface area contributed by atoms with E-state index in [0.717, 1.165) is 27.1 Å². The Labute approximate surface area is 132 Å². The molecule has 1 aromatic carbocycles. The Morgan fingerprint density at radius 1 is 1.30 bits per heavy atom. The van der Waals surface area contributed by atoms with Crippen LogP contribution in [0.3, 0.4) is 0 Å². The number of ether oxygens (including phenoxy) is 2. The van der Waals surface area contributed by atoms with Crippen LogP contribution in [0.4, 0.5) is 0 Å². The molecule has 2 rings (SSSR count). The fraction of sp³-hybridized carbons (Fsp3) is 0.333. The minimum atomic E-state index is -0.311. The van der Waals surface area contributed by atoms with E-state index in [-0.39, 0.29) is 5.38 Å². The van der Waals surface area contributed by atoms with Gasteiger partial charge in [0, 0.05) is 7.11 Å². The average molecular weight is 360 g/mol. The lowest BCUT2D eigenvalue weighted by atomic mass is 10.1. The lowest BCUT2D eigenvalue weighted by Gasteiger charge is -2.12. The maximum Gasteiger partial charge on any atom is 0.133 e. The molecule has 0 amide bonds. The van der Waals surface area contributed by atoms with Crippen LogP contribution in [0.25, 0.3) is 0 Å². The van der Waals surface area contributed by atoms with Crippen LogP contribution in [-0.2, 0) is 4.74 Å². The molecule has 1 unspecified atom stereocenters. The molecule has 0 radical (unpaired) electrons. The summed E-state index contributed by atoms with van der Waals surface area (Å²) >= 11 is 9.95. The van der Waals surface area contributed by atoms with E-state index in [1.54, 1.807) is 13.4 Å². The van der Waals surface area contributed by atoms with Crippen LogP contribution in [0.1, 0.15) is 22.3 Å².